The molecule has 1 atom stereocenters. The van der Waals surface area contributed by atoms with Gasteiger partial charge in [-0.3, -0.25) is 4.90 Å². The van der Waals surface area contributed by atoms with E-state index in [9.17, 15) is 4.79 Å². The predicted molar refractivity (Wildman–Crippen MR) is 84.7 cm³/mol. The van der Waals surface area contributed by atoms with Crippen LogP contribution >= 0.6 is 11.6 Å². The summed E-state index contributed by atoms with van der Waals surface area (Å²) in [6.07, 6.45) is -0.284. The van der Waals surface area contributed by atoms with Crippen LogP contribution in [0.25, 0.3) is 0 Å². The molecule has 116 valence electrons. The highest BCUT2D eigenvalue weighted by Crippen LogP contribution is 2.32. The quantitative estimate of drug-likeness (QED) is 0.863. The molecule has 1 heterocycles. The average Bonchev–Trinajstić information content (AvgIpc) is 2.37. The van der Waals surface area contributed by atoms with Gasteiger partial charge in [0.15, 0.2) is 0 Å². The molecular weight excluding hydrogens is 288 g/mol. The van der Waals surface area contributed by atoms with E-state index in [-0.39, 0.29) is 12.1 Å². The first kappa shape index (κ1) is 16.1. The zero-order valence-corrected chi connectivity index (χ0v) is 13.8. The minimum atomic E-state index is -0.498. The van der Waals surface area contributed by atoms with Crippen LogP contribution in [0.3, 0.4) is 0 Å². The number of nitrogens with zero attached hydrogens (tertiary/aromatic N) is 1. The number of carbonyl (C=O) groups is 1. The minimum Gasteiger partial charge on any atom is -0.444 e. The Bertz CT molecular complexity index is 505. The molecule has 0 spiro atoms. The van der Waals surface area contributed by atoms with Crippen molar-refractivity contribution >= 4 is 17.7 Å². The smallest absolute Gasteiger partial charge is 0.410 e. The van der Waals surface area contributed by atoms with E-state index in [1.807, 2.05) is 45.9 Å². The van der Waals surface area contributed by atoms with Gasteiger partial charge in [-0.2, -0.15) is 0 Å². The molecule has 1 aliphatic rings. The van der Waals surface area contributed by atoms with E-state index in [2.05, 4.69) is 5.32 Å². The molecule has 0 bridgehead atoms. The summed E-state index contributed by atoms with van der Waals surface area (Å²) in [5.74, 6) is 0. The first-order chi connectivity index (χ1) is 9.79. The van der Waals surface area contributed by atoms with Crippen molar-refractivity contribution in [3.05, 3.63) is 34.3 Å². The molecule has 1 aromatic carbocycles. The Labute approximate surface area is 131 Å². The van der Waals surface area contributed by atoms with E-state index < -0.39 is 5.60 Å². The second-order valence-electron chi connectivity index (χ2n) is 6.36. The topological polar surface area (TPSA) is 41.6 Å². The van der Waals surface area contributed by atoms with Crippen LogP contribution in [0.15, 0.2) is 18.2 Å². The maximum absolute atomic E-state index is 12.5. The Morgan fingerprint density at radius 2 is 2.14 bits per heavy atom. The molecule has 2 rings (SSSR count). The van der Waals surface area contributed by atoms with E-state index >= 15 is 0 Å². The first-order valence-corrected chi connectivity index (χ1v) is 7.63. The minimum absolute atomic E-state index is 0.0951. The molecule has 1 unspecified atom stereocenters. The Morgan fingerprint density at radius 1 is 1.43 bits per heavy atom. The molecule has 0 saturated carbocycles. The lowest BCUT2D eigenvalue weighted by atomic mass is 9.98. The maximum atomic E-state index is 12.5. The van der Waals surface area contributed by atoms with E-state index in [4.69, 9.17) is 16.3 Å². The van der Waals surface area contributed by atoms with Crippen LogP contribution in [0.1, 0.15) is 37.9 Å². The molecule has 5 heteroatoms. The molecule has 0 radical (unpaired) electrons. The summed E-state index contributed by atoms with van der Waals surface area (Å²) >= 11 is 6.36. The lowest BCUT2D eigenvalue weighted by Crippen LogP contribution is -2.50. The maximum Gasteiger partial charge on any atom is 0.410 e. The van der Waals surface area contributed by atoms with Gasteiger partial charge in [0.1, 0.15) is 5.60 Å². The third kappa shape index (κ3) is 3.89. The third-order valence-electron chi connectivity index (χ3n) is 3.48. The summed E-state index contributed by atoms with van der Waals surface area (Å²) in [7, 11) is 0. The lowest BCUT2D eigenvalue weighted by molar-refractivity contribution is 0.0117. The van der Waals surface area contributed by atoms with Gasteiger partial charge < -0.3 is 10.1 Å². The Kier molecular flexibility index (Phi) is 4.79. The summed E-state index contributed by atoms with van der Waals surface area (Å²) in [5, 5.41) is 4.02. The molecule has 1 fully saturated rings. The van der Waals surface area contributed by atoms with E-state index in [0.29, 0.717) is 18.1 Å². The number of ether oxygens (including phenoxy) is 1. The molecule has 1 N–H and O–H groups in total. The van der Waals surface area contributed by atoms with Crippen molar-refractivity contribution in [3.8, 4) is 0 Å². The second-order valence-corrected chi connectivity index (χ2v) is 6.77. The summed E-state index contributed by atoms with van der Waals surface area (Å²) in [4.78, 5) is 14.2. The number of hydrogen-bond donors (Lipinski definition) is 1. The summed E-state index contributed by atoms with van der Waals surface area (Å²) < 4.78 is 5.52. The van der Waals surface area contributed by atoms with Gasteiger partial charge in [-0.15, -0.1) is 0 Å². The molecule has 1 aromatic rings. The number of amides is 1. The largest absolute Gasteiger partial charge is 0.444 e. The molecule has 21 heavy (non-hydrogen) atoms. The molecule has 4 nitrogen and oxygen atoms in total. The summed E-state index contributed by atoms with van der Waals surface area (Å²) in [5.41, 5.74) is 1.59. The predicted octanol–water partition coefficient (Wildman–Crippen LogP) is 3.53. The fourth-order valence-electron chi connectivity index (χ4n) is 2.57. The summed E-state index contributed by atoms with van der Waals surface area (Å²) in [6, 6.07) is 5.71. The number of aryl methyl sites for hydroxylation is 1. The van der Waals surface area contributed by atoms with E-state index in [1.165, 1.54) is 0 Å². The molecule has 1 saturated heterocycles. The highest BCUT2D eigenvalue weighted by molar-refractivity contribution is 6.31. The molecule has 1 aliphatic heterocycles. The molecule has 0 aliphatic carbocycles. The second kappa shape index (κ2) is 6.24. The normalized spacial score (nSPS) is 19.5. The van der Waals surface area contributed by atoms with Gasteiger partial charge in [0, 0.05) is 24.7 Å². The Balaban J connectivity index is 2.29. The Hall–Kier alpha value is -1.26. The fourth-order valence-corrected chi connectivity index (χ4v) is 2.92. The van der Waals surface area contributed by atoms with Crippen molar-refractivity contribution in [1.82, 2.24) is 10.2 Å². The van der Waals surface area contributed by atoms with Crippen LogP contribution in [0.4, 0.5) is 4.79 Å². The van der Waals surface area contributed by atoms with Crippen molar-refractivity contribution in [2.24, 2.45) is 0 Å². The molecular formula is C16H23ClN2O2. The third-order valence-corrected chi connectivity index (χ3v) is 3.81. The first-order valence-electron chi connectivity index (χ1n) is 7.25. The average molecular weight is 311 g/mol. The number of halogens is 1. The van der Waals surface area contributed by atoms with Crippen LogP contribution in [0, 0.1) is 6.92 Å². The van der Waals surface area contributed by atoms with Crippen LogP contribution in [-0.2, 0) is 4.74 Å². The number of rotatable bonds is 1. The SMILES string of the molecule is Cc1cccc(Cl)c1C1CNCCN1C(=O)OC(C)(C)C. The van der Waals surface area contributed by atoms with Gasteiger partial charge in [-0.25, -0.2) is 4.79 Å². The van der Waals surface area contributed by atoms with Gasteiger partial charge >= 0.3 is 6.09 Å². The zero-order chi connectivity index (χ0) is 15.6. The van der Waals surface area contributed by atoms with Crippen LogP contribution < -0.4 is 5.32 Å². The van der Waals surface area contributed by atoms with Gasteiger partial charge in [-0.05, 0) is 44.9 Å². The van der Waals surface area contributed by atoms with Crippen molar-refractivity contribution in [3.63, 3.8) is 0 Å². The van der Waals surface area contributed by atoms with Crippen molar-refractivity contribution in [1.29, 1.82) is 0 Å². The van der Waals surface area contributed by atoms with Crippen LogP contribution in [-0.4, -0.2) is 36.2 Å². The number of nitrogens with one attached hydrogen (secondary N) is 1. The van der Waals surface area contributed by atoms with Gasteiger partial charge in [0.25, 0.3) is 0 Å². The van der Waals surface area contributed by atoms with Gasteiger partial charge in [-0.1, -0.05) is 23.7 Å². The standard InChI is InChI=1S/C16H23ClN2O2/c1-11-6-5-7-12(17)14(11)13-10-18-8-9-19(13)15(20)21-16(2,3)4/h5-7,13,18H,8-10H2,1-4H3. The fraction of sp³-hybridized carbons (Fsp3) is 0.562. The van der Waals surface area contributed by atoms with Crippen LogP contribution in [0.2, 0.25) is 5.02 Å². The van der Waals surface area contributed by atoms with Gasteiger partial charge in [0.05, 0.1) is 6.04 Å². The monoisotopic (exact) mass is 310 g/mol. The Morgan fingerprint density at radius 3 is 2.76 bits per heavy atom. The van der Waals surface area contributed by atoms with E-state index in [0.717, 1.165) is 17.7 Å². The highest BCUT2D eigenvalue weighted by atomic mass is 35.5. The van der Waals surface area contributed by atoms with Crippen molar-refractivity contribution in [2.45, 2.75) is 39.3 Å². The number of hydrogen-bond acceptors (Lipinski definition) is 3. The zero-order valence-electron chi connectivity index (χ0n) is 13.1. The van der Waals surface area contributed by atoms with Crippen molar-refractivity contribution < 1.29 is 9.53 Å². The van der Waals surface area contributed by atoms with Crippen LogP contribution in [0.5, 0.6) is 0 Å². The molecule has 1 amide bonds. The molecule has 0 aromatic heterocycles. The number of benzene rings is 1. The van der Waals surface area contributed by atoms with Gasteiger partial charge in [0.2, 0.25) is 0 Å². The van der Waals surface area contributed by atoms with E-state index in [1.54, 1.807) is 4.90 Å². The number of carbonyl (C=O) groups excluding carboxylic acids is 1. The lowest BCUT2D eigenvalue weighted by Gasteiger charge is -2.38. The van der Waals surface area contributed by atoms with Crippen molar-refractivity contribution in [2.75, 3.05) is 19.6 Å². The summed E-state index contributed by atoms with van der Waals surface area (Å²) in [6.45, 7) is 9.71. The highest BCUT2D eigenvalue weighted by Gasteiger charge is 2.33. The number of piperazine rings is 1.